The molecule has 0 aliphatic rings. The van der Waals surface area contributed by atoms with Crippen molar-refractivity contribution in [2.45, 2.75) is 39.5 Å². The number of aryl methyl sites for hydroxylation is 2. The number of halogens is 1. The van der Waals surface area contributed by atoms with Crippen molar-refractivity contribution in [3.05, 3.63) is 64.2 Å². The zero-order valence-electron chi connectivity index (χ0n) is 15.1. The summed E-state index contributed by atoms with van der Waals surface area (Å²) in [5.74, 6) is 1.05. The molecule has 0 heterocycles. The lowest BCUT2D eigenvalue weighted by molar-refractivity contribution is -0.123. The van der Waals surface area contributed by atoms with Crippen molar-refractivity contribution in [2.24, 2.45) is 0 Å². The third kappa shape index (κ3) is 6.09. The van der Waals surface area contributed by atoms with Gasteiger partial charge in [-0.2, -0.15) is 0 Å². The van der Waals surface area contributed by atoms with Crippen LogP contribution in [0.3, 0.4) is 0 Å². The third-order valence-corrected chi connectivity index (χ3v) is 4.42. The minimum atomic E-state index is -0.102. The fourth-order valence-electron chi connectivity index (χ4n) is 2.65. The van der Waals surface area contributed by atoms with Crippen LogP contribution in [0.15, 0.2) is 42.5 Å². The summed E-state index contributed by atoms with van der Waals surface area (Å²) in [6.07, 6.45) is 1.69. The number of carbonyl (C=O) groups excluding carboxylic acids is 1. The first-order valence-electron chi connectivity index (χ1n) is 8.71. The zero-order chi connectivity index (χ0) is 18.2. The quantitative estimate of drug-likeness (QED) is 0.681. The van der Waals surface area contributed by atoms with Gasteiger partial charge in [0.1, 0.15) is 5.75 Å². The minimum Gasteiger partial charge on any atom is -0.483 e. The van der Waals surface area contributed by atoms with E-state index in [0.29, 0.717) is 12.5 Å². The van der Waals surface area contributed by atoms with E-state index >= 15 is 0 Å². The molecule has 4 heteroatoms. The SMILES string of the molecule is Cc1ccc(C(C)C)c(OCC(=O)NCCCc2ccccc2Cl)c1. The molecule has 134 valence electrons. The molecule has 0 saturated heterocycles. The Balaban J connectivity index is 1.76. The topological polar surface area (TPSA) is 38.3 Å². The predicted octanol–water partition coefficient (Wildman–Crippen LogP) is 4.90. The Morgan fingerprint density at radius 1 is 1.20 bits per heavy atom. The smallest absolute Gasteiger partial charge is 0.257 e. The molecule has 0 spiro atoms. The van der Waals surface area contributed by atoms with Crippen LogP contribution in [0.5, 0.6) is 5.75 Å². The first-order chi connectivity index (χ1) is 12.0. The molecule has 25 heavy (non-hydrogen) atoms. The first-order valence-corrected chi connectivity index (χ1v) is 9.08. The standard InChI is InChI=1S/C21H26ClNO2/c1-15(2)18-11-10-16(3)13-20(18)25-14-21(24)23-12-6-8-17-7-4-5-9-19(17)22/h4-5,7,9-11,13,15H,6,8,12,14H2,1-3H3,(H,23,24). The maximum Gasteiger partial charge on any atom is 0.257 e. The second-order valence-electron chi connectivity index (χ2n) is 6.53. The molecule has 1 amide bonds. The largest absolute Gasteiger partial charge is 0.483 e. The molecule has 0 aliphatic carbocycles. The van der Waals surface area contributed by atoms with Gasteiger partial charge in [-0.15, -0.1) is 0 Å². The molecular formula is C21H26ClNO2. The average molecular weight is 360 g/mol. The van der Waals surface area contributed by atoms with Crippen LogP contribution in [0, 0.1) is 6.92 Å². The van der Waals surface area contributed by atoms with Crippen molar-refractivity contribution in [2.75, 3.05) is 13.2 Å². The second-order valence-corrected chi connectivity index (χ2v) is 6.94. The van der Waals surface area contributed by atoms with Gasteiger partial charge in [-0.1, -0.05) is 55.8 Å². The van der Waals surface area contributed by atoms with Crippen LogP contribution in [0.2, 0.25) is 5.02 Å². The first kappa shape index (κ1) is 19.3. The molecular weight excluding hydrogens is 334 g/mol. The Kier molecular flexibility index (Phi) is 7.32. The highest BCUT2D eigenvalue weighted by atomic mass is 35.5. The van der Waals surface area contributed by atoms with Gasteiger partial charge in [0.05, 0.1) is 0 Å². The lowest BCUT2D eigenvalue weighted by atomic mass is 10.0. The molecule has 1 N–H and O–H groups in total. The number of hydrogen-bond donors (Lipinski definition) is 1. The van der Waals surface area contributed by atoms with Gasteiger partial charge in [0.15, 0.2) is 6.61 Å². The van der Waals surface area contributed by atoms with Gasteiger partial charge in [-0.3, -0.25) is 4.79 Å². The van der Waals surface area contributed by atoms with Crippen LogP contribution >= 0.6 is 11.6 Å². The van der Waals surface area contributed by atoms with Crippen molar-refractivity contribution in [3.8, 4) is 5.75 Å². The van der Waals surface area contributed by atoms with E-state index < -0.39 is 0 Å². The summed E-state index contributed by atoms with van der Waals surface area (Å²) in [5.41, 5.74) is 3.35. The van der Waals surface area contributed by atoms with E-state index in [-0.39, 0.29) is 12.5 Å². The Labute approximate surface area is 155 Å². The number of nitrogens with one attached hydrogen (secondary N) is 1. The van der Waals surface area contributed by atoms with E-state index in [1.165, 1.54) is 0 Å². The van der Waals surface area contributed by atoms with Gasteiger partial charge >= 0.3 is 0 Å². The summed E-state index contributed by atoms with van der Waals surface area (Å²) in [7, 11) is 0. The highest BCUT2D eigenvalue weighted by Gasteiger charge is 2.10. The normalized spacial score (nSPS) is 10.8. The molecule has 2 aromatic rings. The van der Waals surface area contributed by atoms with Gasteiger partial charge < -0.3 is 10.1 Å². The van der Waals surface area contributed by atoms with E-state index in [1.807, 2.05) is 37.3 Å². The van der Waals surface area contributed by atoms with E-state index in [9.17, 15) is 4.79 Å². The van der Waals surface area contributed by atoms with Crippen LogP contribution < -0.4 is 10.1 Å². The molecule has 0 atom stereocenters. The Morgan fingerprint density at radius 3 is 2.68 bits per heavy atom. The molecule has 0 radical (unpaired) electrons. The lowest BCUT2D eigenvalue weighted by Gasteiger charge is -2.15. The summed E-state index contributed by atoms with van der Waals surface area (Å²) < 4.78 is 5.74. The number of hydrogen-bond acceptors (Lipinski definition) is 2. The average Bonchev–Trinajstić information content (AvgIpc) is 2.58. The summed E-state index contributed by atoms with van der Waals surface area (Å²) in [5, 5.41) is 3.67. The number of benzene rings is 2. The van der Waals surface area contributed by atoms with E-state index in [0.717, 1.165) is 40.3 Å². The van der Waals surface area contributed by atoms with Crippen LogP contribution in [0.1, 0.15) is 42.9 Å². The highest BCUT2D eigenvalue weighted by Crippen LogP contribution is 2.27. The van der Waals surface area contributed by atoms with Gasteiger partial charge in [0.2, 0.25) is 0 Å². The Morgan fingerprint density at radius 2 is 1.96 bits per heavy atom. The molecule has 0 bridgehead atoms. The van der Waals surface area contributed by atoms with E-state index in [2.05, 4.69) is 31.3 Å². The van der Waals surface area contributed by atoms with Gasteiger partial charge in [-0.05, 0) is 54.5 Å². The summed E-state index contributed by atoms with van der Waals surface area (Å²) >= 11 is 6.13. The van der Waals surface area contributed by atoms with Gasteiger partial charge in [0, 0.05) is 11.6 Å². The maximum absolute atomic E-state index is 12.0. The number of ether oxygens (including phenoxy) is 1. The fraction of sp³-hybridized carbons (Fsp3) is 0.381. The minimum absolute atomic E-state index is 0.0370. The fourth-order valence-corrected chi connectivity index (χ4v) is 2.88. The predicted molar refractivity (Wildman–Crippen MR) is 104 cm³/mol. The molecule has 0 aliphatic heterocycles. The van der Waals surface area contributed by atoms with E-state index in [4.69, 9.17) is 16.3 Å². The number of amides is 1. The zero-order valence-corrected chi connectivity index (χ0v) is 15.9. The van der Waals surface area contributed by atoms with Gasteiger partial charge in [-0.25, -0.2) is 0 Å². The van der Waals surface area contributed by atoms with Crippen LogP contribution in [-0.2, 0) is 11.2 Å². The van der Waals surface area contributed by atoms with Crippen LogP contribution in [0.25, 0.3) is 0 Å². The Bertz CT molecular complexity index is 713. The van der Waals surface area contributed by atoms with Gasteiger partial charge in [0.25, 0.3) is 5.91 Å². The van der Waals surface area contributed by atoms with E-state index in [1.54, 1.807) is 0 Å². The van der Waals surface area contributed by atoms with Crippen LogP contribution in [0.4, 0.5) is 0 Å². The summed E-state index contributed by atoms with van der Waals surface area (Å²) in [4.78, 5) is 12.0. The molecule has 0 unspecified atom stereocenters. The highest BCUT2D eigenvalue weighted by molar-refractivity contribution is 6.31. The summed E-state index contributed by atoms with van der Waals surface area (Å²) in [6, 6.07) is 13.9. The van der Waals surface area contributed by atoms with Crippen molar-refractivity contribution < 1.29 is 9.53 Å². The number of rotatable bonds is 8. The third-order valence-electron chi connectivity index (χ3n) is 4.05. The van der Waals surface area contributed by atoms with Crippen molar-refractivity contribution >= 4 is 17.5 Å². The molecule has 0 fully saturated rings. The van der Waals surface area contributed by atoms with Crippen LogP contribution in [-0.4, -0.2) is 19.1 Å². The molecule has 3 nitrogen and oxygen atoms in total. The monoisotopic (exact) mass is 359 g/mol. The lowest BCUT2D eigenvalue weighted by Crippen LogP contribution is -2.30. The maximum atomic E-state index is 12.0. The molecule has 2 aromatic carbocycles. The molecule has 0 saturated carbocycles. The number of carbonyl (C=O) groups is 1. The van der Waals surface area contributed by atoms with Crippen molar-refractivity contribution in [1.82, 2.24) is 5.32 Å². The molecule has 0 aromatic heterocycles. The van der Waals surface area contributed by atoms with Crippen molar-refractivity contribution in [1.29, 1.82) is 0 Å². The van der Waals surface area contributed by atoms with Crippen molar-refractivity contribution in [3.63, 3.8) is 0 Å². The Hall–Kier alpha value is -2.00. The molecule has 2 rings (SSSR count). The summed E-state index contributed by atoms with van der Waals surface area (Å²) in [6.45, 7) is 6.90. The second kappa shape index (κ2) is 9.47.